The van der Waals surface area contributed by atoms with Crippen molar-refractivity contribution in [1.29, 1.82) is 0 Å². The molecule has 4 heteroatoms. The highest BCUT2D eigenvalue weighted by molar-refractivity contribution is 7.92. The van der Waals surface area contributed by atoms with Crippen LogP contribution in [0.15, 0.2) is 18.2 Å². The summed E-state index contributed by atoms with van der Waals surface area (Å²) in [6, 6.07) is 5.68. The molecule has 0 radical (unpaired) electrons. The van der Waals surface area contributed by atoms with E-state index in [1.165, 1.54) is 0 Å². The Bertz CT molecular complexity index is 437. The van der Waals surface area contributed by atoms with Crippen LogP contribution in [0.5, 0.6) is 0 Å². The van der Waals surface area contributed by atoms with Gasteiger partial charge in [0, 0.05) is 5.56 Å². The zero-order chi connectivity index (χ0) is 9.47. The first kappa shape index (κ1) is 8.56. The van der Waals surface area contributed by atoms with Crippen LogP contribution in [0.25, 0.3) is 11.1 Å². The van der Waals surface area contributed by atoms with Crippen molar-refractivity contribution in [2.75, 3.05) is 10.5 Å². The molecule has 0 aromatic heterocycles. The summed E-state index contributed by atoms with van der Waals surface area (Å²) >= 11 is 0. The average Bonchev–Trinajstić information content (AvgIpc) is 2.70. The molecule has 0 bridgehead atoms. The molecule has 1 N–H and O–H groups in total. The molecule has 0 atom stereocenters. The summed E-state index contributed by atoms with van der Waals surface area (Å²) < 4.78 is 25.3. The topological polar surface area (TPSA) is 46.2 Å². The van der Waals surface area contributed by atoms with Crippen LogP contribution in [0.4, 0.5) is 5.69 Å². The van der Waals surface area contributed by atoms with Gasteiger partial charge in [0.25, 0.3) is 0 Å². The molecule has 0 unspecified atom stereocenters. The van der Waals surface area contributed by atoms with E-state index in [4.69, 9.17) is 0 Å². The Hall–Kier alpha value is -1.03. The summed E-state index contributed by atoms with van der Waals surface area (Å²) in [4.78, 5) is 0. The summed E-state index contributed by atoms with van der Waals surface area (Å²) in [7, 11) is -3.11. The average molecular weight is 197 g/mol. The van der Waals surface area contributed by atoms with E-state index in [9.17, 15) is 8.42 Å². The predicted octanol–water partition coefficient (Wildman–Crippen LogP) is 1.82. The molecule has 0 saturated carbocycles. The Morgan fingerprint density at radius 1 is 1.38 bits per heavy atom. The fraction of sp³-hybridized carbons (Fsp3) is 0.333. The van der Waals surface area contributed by atoms with Gasteiger partial charge in [0.05, 0.1) is 11.4 Å². The van der Waals surface area contributed by atoms with Crippen LogP contribution in [-0.2, 0) is 10.0 Å². The van der Waals surface area contributed by atoms with Gasteiger partial charge in [-0.3, -0.25) is 4.72 Å². The standard InChI is InChI=1S/C9H11NO2S/c1-2-5-13(11,12)10-9-4-3-7-6-8(7)9/h3-4,6,10H,2,5H2,1H3. The fourth-order valence-electron chi connectivity index (χ4n) is 1.33. The van der Waals surface area contributed by atoms with Crippen molar-refractivity contribution in [1.82, 2.24) is 0 Å². The first-order valence-corrected chi connectivity index (χ1v) is 5.92. The van der Waals surface area contributed by atoms with Crippen LogP contribution >= 0.6 is 0 Å². The van der Waals surface area contributed by atoms with E-state index >= 15 is 0 Å². The van der Waals surface area contributed by atoms with Crippen molar-refractivity contribution in [3.63, 3.8) is 0 Å². The van der Waals surface area contributed by atoms with Crippen molar-refractivity contribution in [3.8, 4) is 11.1 Å². The van der Waals surface area contributed by atoms with Crippen molar-refractivity contribution < 1.29 is 8.42 Å². The van der Waals surface area contributed by atoms with E-state index < -0.39 is 10.0 Å². The van der Waals surface area contributed by atoms with Crippen molar-refractivity contribution in [3.05, 3.63) is 18.2 Å². The Morgan fingerprint density at radius 3 is 2.62 bits per heavy atom. The minimum Gasteiger partial charge on any atom is -0.283 e. The third-order valence-electron chi connectivity index (χ3n) is 1.99. The zero-order valence-electron chi connectivity index (χ0n) is 7.37. The quantitative estimate of drug-likeness (QED) is 0.812. The molecule has 3 nitrogen and oxygen atoms in total. The van der Waals surface area contributed by atoms with Gasteiger partial charge in [-0.05, 0) is 24.1 Å². The maximum absolute atomic E-state index is 11.3. The van der Waals surface area contributed by atoms with Crippen molar-refractivity contribution in [2.45, 2.75) is 13.3 Å². The lowest BCUT2D eigenvalue weighted by Crippen LogP contribution is -2.15. The van der Waals surface area contributed by atoms with Crippen LogP contribution < -0.4 is 4.72 Å². The maximum Gasteiger partial charge on any atom is 0.232 e. The van der Waals surface area contributed by atoms with Crippen LogP contribution in [-0.4, -0.2) is 14.2 Å². The van der Waals surface area contributed by atoms with Crippen LogP contribution in [0.2, 0.25) is 0 Å². The zero-order valence-corrected chi connectivity index (χ0v) is 8.19. The number of anilines is 1. The Balaban J connectivity index is 2.11. The highest BCUT2D eigenvalue weighted by Gasteiger charge is 2.20. The minimum absolute atomic E-state index is 0.187. The third-order valence-corrected chi connectivity index (χ3v) is 3.46. The minimum atomic E-state index is -3.11. The second kappa shape index (κ2) is 2.73. The third kappa shape index (κ3) is 1.67. The van der Waals surface area contributed by atoms with Gasteiger partial charge in [0.15, 0.2) is 0 Å². The van der Waals surface area contributed by atoms with Crippen LogP contribution in [0.1, 0.15) is 13.3 Å². The van der Waals surface area contributed by atoms with E-state index in [-0.39, 0.29) is 5.75 Å². The molecule has 2 aliphatic carbocycles. The molecular weight excluding hydrogens is 186 g/mol. The van der Waals surface area contributed by atoms with Gasteiger partial charge >= 0.3 is 0 Å². The highest BCUT2D eigenvalue weighted by atomic mass is 32.2. The van der Waals surface area contributed by atoms with Gasteiger partial charge in [-0.1, -0.05) is 13.0 Å². The van der Waals surface area contributed by atoms with E-state index in [2.05, 4.69) is 4.72 Å². The van der Waals surface area contributed by atoms with E-state index in [0.29, 0.717) is 6.42 Å². The summed E-state index contributed by atoms with van der Waals surface area (Å²) in [5.41, 5.74) is 2.91. The smallest absolute Gasteiger partial charge is 0.232 e. The number of hydrogen-bond donors (Lipinski definition) is 1. The largest absolute Gasteiger partial charge is 0.283 e. The molecule has 0 spiro atoms. The van der Waals surface area contributed by atoms with Crippen LogP contribution in [0, 0.1) is 0 Å². The molecule has 13 heavy (non-hydrogen) atoms. The number of nitrogens with one attached hydrogen (secondary N) is 1. The van der Waals surface area contributed by atoms with Gasteiger partial charge in [0.1, 0.15) is 0 Å². The Kier molecular flexibility index (Phi) is 1.80. The number of sulfonamides is 1. The second-order valence-electron chi connectivity index (χ2n) is 3.18. The highest BCUT2D eigenvalue weighted by Crippen LogP contribution is 2.42. The fourth-order valence-corrected chi connectivity index (χ4v) is 2.48. The summed E-state index contributed by atoms with van der Waals surface area (Å²) in [6.45, 7) is 1.85. The summed E-state index contributed by atoms with van der Waals surface area (Å²) in [5, 5.41) is 0. The molecule has 70 valence electrons. The summed E-state index contributed by atoms with van der Waals surface area (Å²) in [5.74, 6) is 0.187. The lowest BCUT2D eigenvalue weighted by Gasteiger charge is -2.04. The molecule has 2 rings (SSSR count). The lowest BCUT2D eigenvalue weighted by molar-refractivity contribution is 0.600. The molecule has 0 aromatic carbocycles. The number of benzene rings is 1. The number of rotatable bonds is 4. The van der Waals surface area contributed by atoms with E-state index in [1.807, 2.05) is 19.1 Å². The van der Waals surface area contributed by atoms with Gasteiger partial charge in [-0.2, -0.15) is 0 Å². The molecule has 0 fully saturated rings. The second-order valence-corrected chi connectivity index (χ2v) is 5.02. The monoisotopic (exact) mass is 197 g/mol. The van der Waals surface area contributed by atoms with Gasteiger partial charge < -0.3 is 0 Å². The first-order chi connectivity index (χ1) is 6.12. The molecule has 0 aliphatic heterocycles. The lowest BCUT2D eigenvalue weighted by atomic mass is 10.5. The molecule has 2 aliphatic rings. The van der Waals surface area contributed by atoms with Crippen molar-refractivity contribution >= 4 is 15.7 Å². The van der Waals surface area contributed by atoms with E-state index in [0.717, 1.165) is 16.8 Å². The van der Waals surface area contributed by atoms with Crippen LogP contribution in [0.3, 0.4) is 0 Å². The molecule has 0 saturated heterocycles. The van der Waals surface area contributed by atoms with Gasteiger partial charge in [-0.25, -0.2) is 8.42 Å². The van der Waals surface area contributed by atoms with Crippen molar-refractivity contribution in [2.24, 2.45) is 0 Å². The Labute approximate surface area is 77.8 Å². The normalized spacial score (nSPS) is 12.7. The van der Waals surface area contributed by atoms with Gasteiger partial charge in [0.2, 0.25) is 10.0 Å². The molecule has 0 heterocycles. The SMILES string of the molecule is CCCS(=O)(=O)Nc1ccc2cc1-2. The molecule has 0 aromatic rings. The Morgan fingerprint density at radius 2 is 2.15 bits per heavy atom. The van der Waals surface area contributed by atoms with Gasteiger partial charge in [-0.15, -0.1) is 0 Å². The van der Waals surface area contributed by atoms with E-state index in [1.54, 1.807) is 6.07 Å². The summed E-state index contributed by atoms with van der Waals surface area (Å²) in [6.07, 6.45) is 0.641. The molecule has 0 amide bonds. The predicted molar refractivity (Wildman–Crippen MR) is 53.1 cm³/mol. The molecular formula is C9H11NO2S. The maximum atomic E-state index is 11.3. The number of fused-ring (bicyclic) bond motifs is 1. The number of hydrogen-bond acceptors (Lipinski definition) is 2. The first-order valence-electron chi connectivity index (χ1n) is 4.27.